The van der Waals surface area contributed by atoms with Crippen molar-refractivity contribution in [3.8, 4) is 11.8 Å². The van der Waals surface area contributed by atoms with Gasteiger partial charge in [-0.1, -0.05) is 11.8 Å². The van der Waals surface area contributed by atoms with Crippen molar-refractivity contribution >= 4 is 5.91 Å². The molecule has 1 aromatic rings. The molecular formula is C11H10FNO2. The molecule has 0 spiro atoms. The molecule has 3 nitrogen and oxygen atoms in total. The maximum Gasteiger partial charge on any atom is 0.229 e. The van der Waals surface area contributed by atoms with Gasteiger partial charge in [-0.15, -0.1) is 0 Å². The van der Waals surface area contributed by atoms with E-state index >= 15 is 0 Å². The SMILES string of the molecule is NC(=O)CC#Cc1ccc(F)c(CO)c1. The van der Waals surface area contributed by atoms with E-state index in [1.54, 1.807) is 0 Å². The molecule has 15 heavy (non-hydrogen) atoms. The van der Waals surface area contributed by atoms with Crippen molar-refractivity contribution in [1.82, 2.24) is 0 Å². The van der Waals surface area contributed by atoms with Crippen molar-refractivity contribution < 1.29 is 14.3 Å². The smallest absolute Gasteiger partial charge is 0.229 e. The van der Waals surface area contributed by atoms with E-state index in [4.69, 9.17) is 10.8 Å². The Kier molecular flexibility index (Phi) is 3.83. The fraction of sp³-hybridized carbons (Fsp3) is 0.182. The van der Waals surface area contributed by atoms with Gasteiger partial charge in [-0.2, -0.15) is 0 Å². The summed E-state index contributed by atoms with van der Waals surface area (Å²) in [5.74, 6) is 4.21. The predicted molar refractivity (Wildman–Crippen MR) is 53.0 cm³/mol. The number of carbonyl (C=O) groups is 1. The number of hydrogen-bond donors (Lipinski definition) is 2. The fourth-order valence-corrected chi connectivity index (χ4v) is 1.01. The molecule has 0 unspecified atom stereocenters. The highest BCUT2D eigenvalue weighted by Gasteiger charge is 2.00. The molecule has 4 heteroatoms. The third kappa shape index (κ3) is 3.41. The van der Waals surface area contributed by atoms with Crippen molar-refractivity contribution in [2.75, 3.05) is 0 Å². The van der Waals surface area contributed by atoms with Gasteiger partial charge in [-0.25, -0.2) is 4.39 Å². The van der Waals surface area contributed by atoms with Crippen LogP contribution in [0.5, 0.6) is 0 Å². The normalized spacial score (nSPS) is 9.20. The van der Waals surface area contributed by atoms with Gasteiger partial charge in [0.15, 0.2) is 0 Å². The summed E-state index contributed by atoms with van der Waals surface area (Å²) >= 11 is 0. The van der Waals surface area contributed by atoms with Crippen LogP contribution in [0.2, 0.25) is 0 Å². The summed E-state index contributed by atoms with van der Waals surface area (Å²) in [7, 11) is 0. The Labute approximate surface area is 86.7 Å². The van der Waals surface area contributed by atoms with Gasteiger partial charge in [0.25, 0.3) is 0 Å². The second-order valence-corrected chi connectivity index (χ2v) is 2.91. The van der Waals surface area contributed by atoms with Crippen molar-refractivity contribution in [3.63, 3.8) is 0 Å². The van der Waals surface area contributed by atoms with Gasteiger partial charge in [-0.3, -0.25) is 4.79 Å². The number of amides is 1. The lowest BCUT2D eigenvalue weighted by molar-refractivity contribution is -0.117. The lowest BCUT2D eigenvalue weighted by Crippen LogP contribution is -2.08. The Bertz CT molecular complexity index is 432. The molecule has 0 fully saturated rings. The molecule has 1 aromatic carbocycles. The van der Waals surface area contributed by atoms with E-state index in [0.717, 1.165) is 0 Å². The van der Waals surface area contributed by atoms with Crippen LogP contribution >= 0.6 is 0 Å². The number of rotatable bonds is 2. The summed E-state index contributed by atoms with van der Waals surface area (Å²) in [4.78, 5) is 10.4. The minimum absolute atomic E-state index is 0.0359. The molecule has 0 saturated carbocycles. The van der Waals surface area contributed by atoms with Crippen LogP contribution in [-0.4, -0.2) is 11.0 Å². The lowest BCUT2D eigenvalue weighted by Gasteiger charge is -1.98. The number of halogens is 1. The maximum atomic E-state index is 12.9. The fourth-order valence-electron chi connectivity index (χ4n) is 1.01. The Morgan fingerprint density at radius 3 is 2.87 bits per heavy atom. The summed E-state index contributed by atoms with van der Waals surface area (Å²) in [5, 5.41) is 8.79. The third-order valence-electron chi connectivity index (χ3n) is 1.71. The van der Waals surface area contributed by atoms with Crippen LogP contribution in [0.4, 0.5) is 4.39 Å². The molecule has 0 aliphatic rings. The Hall–Kier alpha value is -1.86. The number of aliphatic hydroxyl groups is 1. The molecule has 0 atom stereocenters. The number of primary amides is 1. The molecule has 0 aromatic heterocycles. The highest BCUT2D eigenvalue weighted by molar-refractivity contribution is 5.76. The van der Waals surface area contributed by atoms with Crippen LogP contribution in [0.1, 0.15) is 17.5 Å². The largest absolute Gasteiger partial charge is 0.392 e. The third-order valence-corrected chi connectivity index (χ3v) is 1.71. The van der Waals surface area contributed by atoms with Crippen molar-refractivity contribution in [1.29, 1.82) is 0 Å². The number of hydrogen-bond acceptors (Lipinski definition) is 2. The lowest BCUT2D eigenvalue weighted by atomic mass is 10.1. The highest BCUT2D eigenvalue weighted by atomic mass is 19.1. The maximum absolute atomic E-state index is 12.9. The van der Waals surface area contributed by atoms with E-state index in [1.165, 1.54) is 18.2 Å². The first-order chi connectivity index (χ1) is 7.13. The summed E-state index contributed by atoms with van der Waals surface area (Å²) in [6, 6.07) is 4.13. The van der Waals surface area contributed by atoms with Crippen LogP contribution in [-0.2, 0) is 11.4 Å². The monoisotopic (exact) mass is 207 g/mol. The molecule has 0 heterocycles. The van der Waals surface area contributed by atoms with Crippen molar-refractivity contribution in [2.45, 2.75) is 13.0 Å². The molecule has 3 N–H and O–H groups in total. The first-order valence-electron chi connectivity index (χ1n) is 4.30. The number of aliphatic hydroxyl groups excluding tert-OH is 1. The summed E-state index contributed by atoms with van der Waals surface area (Å²) in [6.45, 7) is -0.378. The average Bonchev–Trinajstić information content (AvgIpc) is 2.20. The van der Waals surface area contributed by atoms with E-state index in [9.17, 15) is 9.18 Å². The van der Waals surface area contributed by atoms with E-state index < -0.39 is 11.7 Å². The number of benzene rings is 1. The van der Waals surface area contributed by atoms with Gasteiger partial charge in [0.2, 0.25) is 5.91 Å². The van der Waals surface area contributed by atoms with Crippen LogP contribution in [0.3, 0.4) is 0 Å². The Balaban J connectivity index is 2.85. The summed E-state index contributed by atoms with van der Waals surface area (Å²) in [5.41, 5.74) is 5.62. The van der Waals surface area contributed by atoms with Crippen molar-refractivity contribution in [3.05, 3.63) is 35.1 Å². The Morgan fingerprint density at radius 1 is 1.53 bits per heavy atom. The van der Waals surface area contributed by atoms with E-state index in [1.807, 2.05) is 0 Å². The van der Waals surface area contributed by atoms with Crippen LogP contribution in [0.25, 0.3) is 0 Å². The molecule has 1 rings (SSSR count). The molecular weight excluding hydrogens is 197 g/mol. The van der Waals surface area contributed by atoms with Crippen molar-refractivity contribution in [2.24, 2.45) is 5.73 Å². The molecule has 1 amide bonds. The zero-order valence-corrected chi connectivity index (χ0v) is 7.96. The first kappa shape index (κ1) is 11.2. The first-order valence-corrected chi connectivity index (χ1v) is 4.30. The minimum atomic E-state index is -0.507. The zero-order chi connectivity index (χ0) is 11.3. The molecule has 0 aliphatic heterocycles. The quantitative estimate of drug-likeness (QED) is 0.695. The summed E-state index contributed by atoms with van der Waals surface area (Å²) in [6.07, 6.45) is -0.0359. The zero-order valence-electron chi connectivity index (χ0n) is 7.96. The van der Waals surface area contributed by atoms with Crippen LogP contribution < -0.4 is 5.73 Å². The Morgan fingerprint density at radius 2 is 2.27 bits per heavy atom. The minimum Gasteiger partial charge on any atom is -0.392 e. The summed E-state index contributed by atoms with van der Waals surface area (Å²) < 4.78 is 12.9. The highest BCUT2D eigenvalue weighted by Crippen LogP contribution is 2.09. The molecule has 0 aliphatic carbocycles. The van der Waals surface area contributed by atoms with Gasteiger partial charge in [-0.05, 0) is 18.2 Å². The molecule has 0 bridgehead atoms. The standard InChI is InChI=1S/C11H10FNO2/c12-10-5-4-8(6-9(10)7-14)2-1-3-11(13)15/h4-6,14H,3,7H2,(H2,13,15). The van der Waals surface area contributed by atoms with Crippen LogP contribution in [0, 0.1) is 17.7 Å². The molecule has 78 valence electrons. The van der Waals surface area contributed by atoms with E-state index in [0.29, 0.717) is 5.56 Å². The predicted octanol–water partition coefficient (Wildman–Crippen LogP) is 0.545. The topological polar surface area (TPSA) is 63.3 Å². The molecule has 0 radical (unpaired) electrons. The number of carbonyl (C=O) groups excluding carboxylic acids is 1. The van der Waals surface area contributed by atoms with E-state index in [2.05, 4.69) is 11.8 Å². The second-order valence-electron chi connectivity index (χ2n) is 2.91. The van der Waals surface area contributed by atoms with Gasteiger partial charge < -0.3 is 10.8 Å². The van der Waals surface area contributed by atoms with Gasteiger partial charge >= 0.3 is 0 Å². The van der Waals surface area contributed by atoms with Gasteiger partial charge in [0.1, 0.15) is 5.82 Å². The van der Waals surface area contributed by atoms with E-state index in [-0.39, 0.29) is 18.6 Å². The van der Waals surface area contributed by atoms with Gasteiger partial charge in [0.05, 0.1) is 13.0 Å². The second kappa shape index (κ2) is 5.13. The van der Waals surface area contributed by atoms with Gasteiger partial charge in [0, 0.05) is 11.1 Å². The average molecular weight is 207 g/mol. The number of nitrogens with two attached hydrogens (primary N) is 1. The molecule has 0 saturated heterocycles. The van der Waals surface area contributed by atoms with Crippen LogP contribution in [0.15, 0.2) is 18.2 Å².